The molecule has 274 valence electrons. The van der Waals surface area contributed by atoms with Crippen LogP contribution in [-0.2, 0) is 25.6 Å². The minimum absolute atomic E-state index is 0.0253. The molecule has 1 aromatic heterocycles. The highest BCUT2D eigenvalue weighted by Gasteiger charge is 2.10. The highest BCUT2D eigenvalue weighted by Crippen LogP contribution is 2.17. The summed E-state index contributed by atoms with van der Waals surface area (Å²) in [5.74, 6) is 2.68. The fourth-order valence-corrected chi connectivity index (χ4v) is 5.92. The molecule has 0 radical (unpaired) electrons. The molecule has 7 heteroatoms. The number of imidazole rings is 1. The summed E-state index contributed by atoms with van der Waals surface area (Å²) in [4.78, 5) is 31.0. The maximum atomic E-state index is 12.1. The van der Waals surface area contributed by atoms with E-state index in [9.17, 15) is 9.59 Å². The van der Waals surface area contributed by atoms with Crippen molar-refractivity contribution < 1.29 is 19.1 Å². The van der Waals surface area contributed by atoms with Crippen molar-refractivity contribution in [3.63, 3.8) is 0 Å². The van der Waals surface area contributed by atoms with Crippen LogP contribution in [0.1, 0.15) is 164 Å². The molecule has 0 aliphatic rings. The van der Waals surface area contributed by atoms with Gasteiger partial charge in [0.25, 0.3) is 0 Å². The Morgan fingerprint density at radius 2 is 1.04 bits per heavy atom. The van der Waals surface area contributed by atoms with Gasteiger partial charge < -0.3 is 18.9 Å². The number of unbranched alkanes of at least 4 members (excludes halogenated alkanes) is 8. The van der Waals surface area contributed by atoms with Gasteiger partial charge >= 0.3 is 11.9 Å². The monoisotopic (exact) mass is 662 g/mol. The molecule has 0 saturated heterocycles. The SMILES string of the molecule is CC(C)CCC(C)CCOC(=O)CCCCCCCN(CCCCCCCC(=O)OCCC(C)CCC(C)C)CCCn1ccnc1. The van der Waals surface area contributed by atoms with Crippen LogP contribution in [0.4, 0.5) is 0 Å². The van der Waals surface area contributed by atoms with Gasteiger partial charge in [-0.05, 0) is 88.3 Å². The minimum atomic E-state index is -0.0253. The van der Waals surface area contributed by atoms with Crippen molar-refractivity contribution in [3.8, 4) is 0 Å². The Morgan fingerprint density at radius 3 is 1.49 bits per heavy atom. The van der Waals surface area contributed by atoms with Crippen LogP contribution in [0.15, 0.2) is 18.7 Å². The molecule has 2 atom stereocenters. The summed E-state index contributed by atoms with van der Waals surface area (Å²) >= 11 is 0. The summed E-state index contributed by atoms with van der Waals surface area (Å²) in [6, 6.07) is 0. The van der Waals surface area contributed by atoms with Crippen LogP contribution in [0.25, 0.3) is 0 Å². The van der Waals surface area contributed by atoms with E-state index in [0.717, 1.165) is 83.0 Å². The topological polar surface area (TPSA) is 73.7 Å². The summed E-state index contributed by atoms with van der Waals surface area (Å²) in [7, 11) is 0. The van der Waals surface area contributed by atoms with E-state index in [2.05, 4.69) is 56.0 Å². The lowest BCUT2D eigenvalue weighted by Crippen LogP contribution is -2.28. The average molecular weight is 662 g/mol. The van der Waals surface area contributed by atoms with Crippen molar-refractivity contribution in [1.29, 1.82) is 0 Å². The third-order valence-electron chi connectivity index (χ3n) is 9.38. The second-order valence-corrected chi connectivity index (χ2v) is 15.2. The quantitative estimate of drug-likeness (QED) is 0.0565. The molecular formula is C40H75N3O4. The largest absolute Gasteiger partial charge is 0.466 e. The van der Waals surface area contributed by atoms with E-state index in [1.54, 1.807) is 0 Å². The zero-order valence-corrected chi connectivity index (χ0v) is 31.7. The third kappa shape index (κ3) is 27.7. The lowest BCUT2D eigenvalue weighted by Gasteiger charge is -2.22. The molecule has 0 aliphatic heterocycles. The zero-order valence-electron chi connectivity index (χ0n) is 31.7. The third-order valence-corrected chi connectivity index (χ3v) is 9.38. The van der Waals surface area contributed by atoms with Crippen molar-refractivity contribution in [2.45, 2.75) is 170 Å². The molecule has 1 rings (SSSR count). The van der Waals surface area contributed by atoms with E-state index in [1.165, 1.54) is 64.2 Å². The van der Waals surface area contributed by atoms with Crippen LogP contribution in [0.2, 0.25) is 0 Å². The van der Waals surface area contributed by atoms with Gasteiger partial charge in [-0.15, -0.1) is 0 Å². The molecule has 0 saturated carbocycles. The molecule has 1 aromatic rings. The zero-order chi connectivity index (χ0) is 34.5. The van der Waals surface area contributed by atoms with E-state index in [0.29, 0.717) is 37.9 Å². The van der Waals surface area contributed by atoms with Gasteiger partial charge in [-0.2, -0.15) is 0 Å². The Bertz CT molecular complexity index is 808. The van der Waals surface area contributed by atoms with Gasteiger partial charge in [-0.3, -0.25) is 9.59 Å². The van der Waals surface area contributed by atoms with Crippen molar-refractivity contribution >= 4 is 11.9 Å². The normalized spacial score (nSPS) is 13.0. The molecule has 0 fully saturated rings. The number of carbonyl (C=O) groups is 2. The molecule has 47 heavy (non-hydrogen) atoms. The Labute approximate surface area is 290 Å². The van der Waals surface area contributed by atoms with E-state index in [1.807, 2.05) is 18.7 Å². The number of rotatable bonds is 32. The molecule has 0 bridgehead atoms. The first-order valence-electron chi connectivity index (χ1n) is 19.6. The van der Waals surface area contributed by atoms with E-state index in [4.69, 9.17) is 9.47 Å². The lowest BCUT2D eigenvalue weighted by molar-refractivity contribution is -0.145. The van der Waals surface area contributed by atoms with Gasteiger partial charge in [0.05, 0.1) is 19.5 Å². The highest BCUT2D eigenvalue weighted by atomic mass is 16.5. The second kappa shape index (κ2) is 29.1. The number of aryl methyl sites for hydroxylation is 1. The Kier molecular flexibility index (Phi) is 26.7. The molecule has 0 aliphatic carbocycles. The number of nitrogens with zero attached hydrogens (tertiary/aromatic N) is 3. The number of esters is 2. The maximum absolute atomic E-state index is 12.1. The Balaban J connectivity index is 2.14. The van der Waals surface area contributed by atoms with Crippen molar-refractivity contribution in [1.82, 2.24) is 14.5 Å². The van der Waals surface area contributed by atoms with Gasteiger partial charge in [-0.25, -0.2) is 4.98 Å². The first kappa shape index (κ1) is 43.1. The van der Waals surface area contributed by atoms with Crippen LogP contribution < -0.4 is 0 Å². The average Bonchev–Trinajstić information content (AvgIpc) is 3.55. The molecular weight excluding hydrogens is 586 g/mol. The first-order valence-corrected chi connectivity index (χ1v) is 19.6. The van der Waals surface area contributed by atoms with E-state index < -0.39 is 0 Å². The van der Waals surface area contributed by atoms with Crippen molar-refractivity contribution in [3.05, 3.63) is 18.7 Å². The smallest absolute Gasteiger partial charge is 0.305 e. The molecule has 0 spiro atoms. The van der Waals surface area contributed by atoms with Crippen molar-refractivity contribution in [2.75, 3.05) is 32.8 Å². The molecule has 0 aromatic carbocycles. The molecule has 0 N–H and O–H groups in total. The fraction of sp³-hybridized carbons (Fsp3) is 0.875. The van der Waals surface area contributed by atoms with Gasteiger partial charge in [0.2, 0.25) is 0 Å². The highest BCUT2D eigenvalue weighted by molar-refractivity contribution is 5.69. The summed E-state index contributed by atoms with van der Waals surface area (Å²) in [5, 5.41) is 0. The van der Waals surface area contributed by atoms with Crippen LogP contribution in [-0.4, -0.2) is 59.2 Å². The predicted molar refractivity (Wildman–Crippen MR) is 196 cm³/mol. The van der Waals surface area contributed by atoms with Crippen LogP contribution in [0.5, 0.6) is 0 Å². The summed E-state index contributed by atoms with van der Waals surface area (Å²) in [6.07, 6.45) is 26.2. The number of hydrogen-bond donors (Lipinski definition) is 0. The molecule has 7 nitrogen and oxygen atoms in total. The van der Waals surface area contributed by atoms with Gasteiger partial charge in [0.15, 0.2) is 0 Å². The Morgan fingerprint density at radius 1 is 0.596 bits per heavy atom. The predicted octanol–water partition coefficient (Wildman–Crippen LogP) is 10.3. The number of carbonyl (C=O) groups excluding carboxylic acids is 2. The van der Waals surface area contributed by atoms with Gasteiger partial charge in [0.1, 0.15) is 0 Å². The molecule has 0 amide bonds. The van der Waals surface area contributed by atoms with Crippen LogP contribution in [0.3, 0.4) is 0 Å². The molecule has 1 heterocycles. The van der Waals surface area contributed by atoms with Gasteiger partial charge in [0, 0.05) is 31.8 Å². The standard InChI is InChI=1S/C40H75N3O4/c1-35(2)20-22-37(5)24-32-46-39(44)18-13-9-7-11-15-27-42(29-17-30-43-31-26-41-34-43)28-16-12-8-10-14-19-40(45)47-33-25-38(6)23-21-36(3)4/h26,31,34-38H,7-25,27-30,32-33H2,1-6H3. The Hall–Kier alpha value is -1.89. The minimum Gasteiger partial charge on any atom is -0.466 e. The van der Waals surface area contributed by atoms with Gasteiger partial charge in [-0.1, -0.05) is 106 Å². The van der Waals surface area contributed by atoms with E-state index in [-0.39, 0.29) is 11.9 Å². The summed E-state index contributed by atoms with van der Waals surface area (Å²) in [6.45, 7) is 19.1. The summed E-state index contributed by atoms with van der Waals surface area (Å²) < 4.78 is 13.1. The number of hydrogen-bond acceptors (Lipinski definition) is 6. The van der Waals surface area contributed by atoms with E-state index >= 15 is 0 Å². The number of aromatic nitrogens is 2. The summed E-state index contributed by atoms with van der Waals surface area (Å²) in [5.41, 5.74) is 0. The second-order valence-electron chi connectivity index (χ2n) is 15.2. The maximum Gasteiger partial charge on any atom is 0.305 e. The fourth-order valence-electron chi connectivity index (χ4n) is 5.92. The lowest BCUT2D eigenvalue weighted by atomic mass is 9.97. The first-order chi connectivity index (χ1) is 22.7. The van der Waals surface area contributed by atoms with Crippen molar-refractivity contribution in [2.24, 2.45) is 23.7 Å². The van der Waals surface area contributed by atoms with Crippen LogP contribution >= 0.6 is 0 Å². The number of ether oxygens (including phenoxy) is 2. The van der Waals surface area contributed by atoms with Crippen LogP contribution in [0, 0.1) is 23.7 Å². The molecule has 2 unspecified atom stereocenters.